The van der Waals surface area contributed by atoms with Crippen molar-refractivity contribution < 1.29 is 17.1 Å². The summed E-state index contributed by atoms with van der Waals surface area (Å²) in [6, 6.07) is 0. The molecular weight excluding hydrogens is 334 g/mol. The Hall–Kier alpha value is 1.08. The van der Waals surface area contributed by atoms with Crippen molar-refractivity contribution in [1.29, 1.82) is 0 Å². The molecule has 0 bridgehead atoms. The Morgan fingerprint density at radius 3 is 1.80 bits per heavy atom. The molecule has 0 aromatic rings. The zero-order valence-corrected chi connectivity index (χ0v) is 15.4. The highest BCUT2D eigenvalue weighted by atomic mass is 33.1. The van der Waals surface area contributed by atoms with Crippen LogP contribution in [0.4, 0.5) is 0 Å². The van der Waals surface area contributed by atoms with Gasteiger partial charge in [-0.2, -0.15) is 0 Å². The molecule has 4 nitrogen and oxygen atoms in total. The maximum Gasteiger partial charge on any atom is 0.221 e. The second-order valence-electron chi connectivity index (χ2n) is 5.63. The van der Waals surface area contributed by atoms with Crippen LogP contribution in [0.5, 0.6) is 0 Å². The Labute approximate surface area is 131 Å². The fourth-order valence-electron chi connectivity index (χ4n) is 3.39. The topological polar surface area (TPSA) is 52.6 Å². The second kappa shape index (κ2) is 9.27. The summed E-state index contributed by atoms with van der Waals surface area (Å²) in [6.07, 6.45) is 11.3. The third-order valence-corrected chi connectivity index (χ3v) is 10.8. The van der Waals surface area contributed by atoms with Gasteiger partial charge in [0.1, 0.15) is 0 Å². The molecule has 0 heterocycles. The molecule has 8 heteroatoms. The molecule has 1 atom stereocenters. The highest BCUT2D eigenvalue weighted by molar-refractivity contribution is 8.73. The lowest BCUT2D eigenvalue weighted by atomic mass is 10.00. The van der Waals surface area contributed by atoms with Gasteiger partial charge in [0.25, 0.3) is 0 Å². The van der Waals surface area contributed by atoms with E-state index >= 15 is 0 Å². The van der Waals surface area contributed by atoms with Crippen molar-refractivity contribution in [3.63, 3.8) is 0 Å². The van der Waals surface area contributed by atoms with Crippen LogP contribution in [0.15, 0.2) is 0 Å². The van der Waals surface area contributed by atoms with Crippen LogP contribution in [0, 0.1) is 0 Å². The Bertz CT molecular complexity index is 322. The maximum absolute atomic E-state index is 13.5. The van der Waals surface area contributed by atoms with Gasteiger partial charge in [0.2, 0.25) is 7.37 Å². The first-order valence-electron chi connectivity index (χ1n) is 7.49. The molecular formula is C12H24O4P2S2. The van der Waals surface area contributed by atoms with E-state index in [0.29, 0.717) is 0 Å². The van der Waals surface area contributed by atoms with Gasteiger partial charge in [-0.3, -0.25) is 9.13 Å². The van der Waals surface area contributed by atoms with Crippen LogP contribution in [0.25, 0.3) is 0 Å². The predicted molar refractivity (Wildman–Crippen MR) is 89.1 cm³/mol. The largest absolute Gasteiger partial charge is 0.299 e. The monoisotopic (exact) mass is 358 g/mol. The SMILES string of the molecule is O=[PH2]OSSOP(=O)(C1CCCCC1)C1CCCCC1. The molecule has 2 aliphatic rings. The van der Waals surface area contributed by atoms with Crippen LogP contribution < -0.4 is 0 Å². The van der Waals surface area contributed by atoms with Gasteiger partial charge in [0.05, 0.1) is 22.1 Å². The van der Waals surface area contributed by atoms with E-state index in [-0.39, 0.29) is 11.3 Å². The smallest absolute Gasteiger partial charge is 0.221 e. The third kappa shape index (κ3) is 4.79. The second-order valence-corrected chi connectivity index (χ2v) is 11.0. The molecule has 0 aromatic heterocycles. The summed E-state index contributed by atoms with van der Waals surface area (Å²) >= 11 is 1.98. The first-order chi connectivity index (χ1) is 9.77. The Kier molecular flexibility index (Phi) is 8.08. The van der Waals surface area contributed by atoms with E-state index in [1.165, 1.54) is 38.5 Å². The molecule has 2 fully saturated rings. The van der Waals surface area contributed by atoms with Crippen LogP contribution in [0.1, 0.15) is 64.2 Å². The van der Waals surface area contributed by atoms with Crippen molar-refractivity contribution in [3.05, 3.63) is 0 Å². The average Bonchev–Trinajstić information content (AvgIpc) is 2.53. The van der Waals surface area contributed by atoms with E-state index in [1.807, 2.05) is 0 Å². The lowest BCUT2D eigenvalue weighted by Gasteiger charge is -2.36. The quantitative estimate of drug-likeness (QED) is 0.246. The molecule has 0 N–H and O–H groups in total. The van der Waals surface area contributed by atoms with Gasteiger partial charge >= 0.3 is 0 Å². The molecule has 2 saturated carbocycles. The zero-order chi connectivity index (χ0) is 14.3. The molecule has 0 radical (unpaired) electrons. The first kappa shape index (κ1) is 17.4. The summed E-state index contributed by atoms with van der Waals surface area (Å²) in [4.78, 5) is 0. The Morgan fingerprint density at radius 2 is 1.35 bits per heavy atom. The van der Waals surface area contributed by atoms with E-state index in [2.05, 4.69) is 0 Å². The zero-order valence-electron chi connectivity index (χ0n) is 11.7. The van der Waals surface area contributed by atoms with Crippen LogP contribution in [0.2, 0.25) is 0 Å². The predicted octanol–water partition coefficient (Wildman–Crippen LogP) is 5.85. The van der Waals surface area contributed by atoms with Gasteiger partial charge in [-0.15, -0.1) is 0 Å². The maximum atomic E-state index is 13.5. The lowest BCUT2D eigenvalue weighted by molar-refractivity contribution is 0.406. The summed E-state index contributed by atoms with van der Waals surface area (Å²) in [5.41, 5.74) is 0.457. The molecule has 0 aliphatic heterocycles. The molecule has 1 unspecified atom stereocenters. The molecule has 118 valence electrons. The van der Waals surface area contributed by atoms with Crippen LogP contribution in [-0.2, 0) is 17.1 Å². The number of rotatable bonds is 7. The van der Waals surface area contributed by atoms with Gasteiger partial charge in [0, 0.05) is 11.3 Å². The van der Waals surface area contributed by atoms with Crippen LogP contribution in [-0.4, -0.2) is 11.3 Å². The molecule has 0 saturated heterocycles. The van der Waals surface area contributed by atoms with E-state index in [9.17, 15) is 9.13 Å². The highest BCUT2D eigenvalue weighted by Gasteiger charge is 2.43. The Morgan fingerprint density at radius 1 is 0.850 bits per heavy atom. The van der Waals surface area contributed by atoms with Crippen LogP contribution >= 0.6 is 38.2 Å². The number of hydrogen-bond donors (Lipinski definition) is 0. The minimum Gasteiger partial charge on any atom is -0.299 e. The molecule has 2 rings (SSSR count). The summed E-state index contributed by atoms with van der Waals surface area (Å²) < 4.78 is 34.4. The van der Waals surface area contributed by atoms with Crippen LogP contribution in [0.3, 0.4) is 0 Å². The summed E-state index contributed by atoms with van der Waals surface area (Å²) in [6.45, 7) is 0. The van der Waals surface area contributed by atoms with Gasteiger partial charge in [-0.05, 0) is 25.7 Å². The molecule has 2 aliphatic carbocycles. The highest BCUT2D eigenvalue weighted by Crippen LogP contribution is 2.66. The molecule has 0 amide bonds. The lowest BCUT2D eigenvalue weighted by Crippen LogP contribution is -2.23. The van der Waals surface area contributed by atoms with Crippen molar-refractivity contribution in [3.8, 4) is 0 Å². The Balaban J connectivity index is 2.00. The van der Waals surface area contributed by atoms with Crippen molar-refractivity contribution in [1.82, 2.24) is 0 Å². The van der Waals surface area contributed by atoms with E-state index < -0.39 is 16.1 Å². The third-order valence-electron chi connectivity index (χ3n) is 4.42. The summed E-state index contributed by atoms with van der Waals surface area (Å²) in [5, 5.41) is 0. The summed E-state index contributed by atoms with van der Waals surface area (Å²) in [5.74, 6) is 0. The molecule has 0 aromatic carbocycles. The molecule has 0 spiro atoms. The van der Waals surface area contributed by atoms with Crippen molar-refractivity contribution in [2.24, 2.45) is 0 Å². The fourth-order valence-corrected chi connectivity index (χ4v) is 9.53. The normalized spacial score (nSPS) is 23.6. The van der Waals surface area contributed by atoms with Gasteiger partial charge < -0.3 is 0 Å². The molecule has 20 heavy (non-hydrogen) atoms. The minimum absolute atomic E-state index is 0.229. The van der Waals surface area contributed by atoms with E-state index in [0.717, 1.165) is 47.8 Å². The van der Waals surface area contributed by atoms with Crippen molar-refractivity contribution in [2.75, 3.05) is 0 Å². The van der Waals surface area contributed by atoms with E-state index in [4.69, 9.17) is 7.94 Å². The van der Waals surface area contributed by atoms with Gasteiger partial charge in [-0.1, -0.05) is 38.5 Å². The fraction of sp³-hybridized carbons (Fsp3) is 1.00. The summed E-state index contributed by atoms with van der Waals surface area (Å²) in [7, 11) is -3.88. The first-order valence-corrected chi connectivity index (χ1v) is 12.2. The van der Waals surface area contributed by atoms with Gasteiger partial charge in [-0.25, -0.2) is 7.94 Å². The van der Waals surface area contributed by atoms with Crippen molar-refractivity contribution >= 4 is 38.2 Å². The number of hydrogen-bond acceptors (Lipinski definition) is 6. The van der Waals surface area contributed by atoms with E-state index in [1.54, 1.807) is 0 Å². The minimum atomic E-state index is -2.64. The average molecular weight is 358 g/mol. The van der Waals surface area contributed by atoms with Crippen molar-refractivity contribution in [2.45, 2.75) is 75.5 Å². The standard InChI is InChI=1S/C12H24O4P2S2/c13-17-15-19-20-16-18(14,11-7-3-1-4-8-11)12-9-5-2-6-10-12/h11-12H,1-10,17H2. The van der Waals surface area contributed by atoms with Gasteiger partial charge in [0.15, 0.2) is 8.69 Å².